The number of hydrogen-bond acceptors (Lipinski definition) is 2. The molecule has 0 aliphatic carbocycles. The van der Waals surface area contributed by atoms with Gasteiger partial charge < -0.3 is 14.0 Å². The van der Waals surface area contributed by atoms with E-state index in [1.807, 2.05) is 0 Å². The molecule has 0 aromatic rings. The van der Waals surface area contributed by atoms with Gasteiger partial charge in [0.2, 0.25) is 0 Å². The minimum Gasteiger partial charge on any atom is -0.382 e. The molecule has 0 atom stereocenters. The van der Waals surface area contributed by atoms with Crippen LogP contribution in [0.15, 0.2) is 0 Å². The Morgan fingerprint density at radius 2 is 0.875 bits per heavy atom. The van der Waals surface area contributed by atoms with Crippen LogP contribution in [0, 0.1) is 0 Å². The van der Waals surface area contributed by atoms with Crippen molar-refractivity contribution in [3.63, 3.8) is 0 Å². The van der Waals surface area contributed by atoms with Gasteiger partial charge in [0.05, 0.1) is 27.7 Å². The van der Waals surface area contributed by atoms with E-state index in [-0.39, 0.29) is 0 Å². The van der Waals surface area contributed by atoms with E-state index in [0.717, 1.165) is 30.9 Å². The van der Waals surface area contributed by atoms with Crippen molar-refractivity contribution in [2.45, 2.75) is 84.0 Å². The quantitative estimate of drug-likeness (QED) is 0.230. The Morgan fingerprint density at radius 1 is 0.500 bits per heavy atom. The molecule has 3 nitrogen and oxygen atoms in total. The molecule has 24 heavy (non-hydrogen) atoms. The summed E-state index contributed by atoms with van der Waals surface area (Å²) < 4.78 is 12.2. The van der Waals surface area contributed by atoms with Gasteiger partial charge >= 0.3 is 0 Å². The molecule has 0 heterocycles. The van der Waals surface area contributed by atoms with Crippen LogP contribution in [0.25, 0.3) is 0 Å². The van der Waals surface area contributed by atoms with Gasteiger partial charge in [-0.3, -0.25) is 0 Å². The third-order valence-electron chi connectivity index (χ3n) is 4.40. The molecule has 0 bridgehead atoms. The summed E-state index contributed by atoms with van der Waals surface area (Å²) in [7, 11) is 6.83. The van der Waals surface area contributed by atoms with Crippen molar-refractivity contribution in [3.8, 4) is 0 Å². The van der Waals surface area contributed by atoms with Crippen LogP contribution in [0.5, 0.6) is 0 Å². The van der Waals surface area contributed by atoms with Crippen molar-refractivity contribution >= 4 is 0 Å². The highest BCUT2D eigenvalue weighted by molar-refractivity contribution is 4.47. The molecule has 0 spiro atoms. The van der Waals surface area contributed by atoms with E-state index in [1.54, 1.807) is 0 Å². The number of quaternary nitrogens is 1. The first-order chi connectivity index (χ1) is 11.6. The van der Waals surface area contributed by atoms with Crippen LogP contribution in [0.2, 0.25) is 0 Å². The van der Waals surface area contributed by atoms with Crippen LogP contribution < -0.4 is 0 Å². The van der Waals surface area contributed by atoms with Gasteiger partial charge in [0.25, 0.3) is 0 Å². The van der Waals surface area contributed by atoms with Gasteiger partial charge in [0.1, 0.15) is 0 Å². The predicted molar refractivity (Wildman–Crippen MR) is 106 cm³/mol. The van der Waals surface area contributed by atoms with Gasteiger partial charge in [0.15, 0.2) is 0 Å². The maximum Gasteiger partial charge on any atom is 0.0780 e. The van der Waals surface area contributed by atoms with E-state index in [1.165, 1.54) is 83.6 Å². The fraction of sp³-hybridized carbons (Fsp3) is 1.00. The lowest BCUT2D eigenvalue weighted by molar-refractivity contribution is -0.870. The molecule has 0 N–H and O–H groups in total. The van der Waals surface area contributed by atoms with Crippen molar-refractivity contribution < 1.29 is 14.0 Å². The highest BCUT2D eigenvalue weighted by Gasteiger charge is 2.04. The number of rotatable bonds is 19. The third kappa shape index (κ3) is 21.9. The minimum absolute atomic E-state index is 0.855. The maximum atomic E-state index is 5.74. The summed E-state index contributed by atoms with van der Waals surface area (Å²) in [6, 6.07) is 0. The Labute approximate surface area is 152 Å². The zero-order valence-corrected chi connectivity index (χ0v) is 17.3. The first-order valence-electron chi connectivity index (χ1n) is 10.5. The Bertz CT molecular complexity index is 238. The predicted octanol–water partition coefficient (Wildman–Crippen LogP) is 5.43. The van der Waals surface area contributed by atoms with Gasteiger partial charge in [0, 0.05) is 26.4 Å². The standard InChI is InChI=1S/C21H46NO2/c1-5-23-19-15-11-8-9-13-17-21-24-20-16-12-7-6-10-14-18-22(2,3)4/h5-21H2,1-4H3/q+1. The fourth-order valence-corrected chi connectivity index (χ4v) is 2.86. The molecule has 146 valence electrons. The topological polar surface area (TPSA) is 18.5 Å². The van der Waals surface area contributed by atoms with Gasteiger partial charge in [-0.15, -0.1) is 0 Å². The van der Waals surface area contributed by atoms with E-state index in [0.29, 0.717) is 0 Å². The molecule has 0 unspecified atom stereocenters. The largest absolute Gasteiger partial charge is 0.382 e. The van der Waals surface area contributed by atoms with Crippen LogP contribution in [-0.2, 0) is 9.47 Å². The number of unbranched alkanes of at least 4 members (excludes halogenated alkanes) is 10. The van der Waals surface area contributed by atoms with E-state index < -0.39 is 0 Å². The van der Waals surface area contributed by atoms with Crippen LogP contribution in [-0.4, -0.2) is 58.6 Å². The molecule has 0 aromatic carbocycles. The number of nitrogens with zero attached hydrogens (tertiary/aromatic N) is 1. The molecule has 3 heteroatoms. The summed E-state index contributed by atoms with van der Waals surface area (Å²) in [6.45, 7) is 7.09. The van der Waals surface area contributed by atoms with Crippen molar-refractivity contribution in [2.24, 2.45) is 0 Å². The molecule has 0 saturated carbocycles. The molecule has 0 aliphatic heterocycles. The summed E-state index contributed by atoms with van der Waals surface area (Å²) >= 11 is 0. The SMILES string of the molecule is CCOCCCCCCCCOCCCCCCCC[N+](C)(C)C. The summed E-state index contributed by atoms with van der Waals surface area (Å²) in [5, 5.41) is 0. The Kier molecular flexibility index (Phi) is 17.6. The highest BCUT2D eigenvalue weighted by Crippen LogP contribution is 2.08. The zero-order chi connectivity index (χ0) is 17.9. The molecule has 0 saturated heterocycles. The zero-order valence-electron chi connectivity index (χ0n) is 17.3. The monoisotopic (exact) mass is 344 g/mol. The molecule has 0 fully saturated rings. The van der Waals surface area contributed by atoms with Crippen molar-refractivity contribution in [1.29, 1.82) is 0 Å². The second-order valence-electron chi connectivity index (χ2n) is 8.07. The molecular weight excluding hydrogens is 298 g/mol. The second kappa shape index (κ2) is 17.7. The molecular formula is C21H46NO2+. The molecule has 0 radical (unpaired) electrons. The Balaban J connectivity index is 3.00. The molecule has 0 aromatic heterocycles. The average Bonchev–Trinajstić information content (AvgIpc) is 2.52. The first kappa shape index (κ1) is 23.9. The second-order valence-corrected chi connectivity index (χ2v) is 8.07. The Hall–Kier alpha value is -0.120. The summed E-state index contributed by atoms with van der Waals surface area (Å²) in [5.41, 5.74) is 0. The van der Waals surface area contributed by atoms with Crippen molar-refractivity contribution in [2.75, 3.05) is 54.1 Å². The number of hydrogen-bond donors (Lipinski definition) is 0. The van der Waals surface area contributed by atoms with Crippen LogP contribution in [0.4, 0.5) is 0 Å². The maximum absolute atomic E-state index is 5.74. The summed E-state index contributed by atoms with van der Waals surface area (Å²) in [5.74, 6) is 0. The van der Waals surface area contributed by atoms with E-state index >= 15 is 0 Å². The van der Waals surface area contributed by atoms with Gasteiger partial charge in [-0.1, -0.05) is 44.9 Å². The van der Waals surface area contributed by atoms with E-state index in [9.17, 15) is 0 Å². The van der Waals surface area contributed by atoms with Gasteiger partial charge in [-0.2, -0.15) is 0 Å². The highest BCUT2D eigenvalue weighted by atomic mass is 16.5. The van der Waals surface area contributed by atoms with Crippen molar-refractivity contribution in [1.82, 2.24) is 0 Å². The minimum atomic E-state index is 0.855. The molecule has 0 amide bonds. The lowest BCUT2D eigenvalue weighted by Crippen LogP contribution is -2.35. The van der Waals surface area contributed by atoms with Crippen LogP contribution in [0.1, 0.15) is 84.0 Å². The molecule has 0 aliphatic rings. The van der Waals surface area contributed by atoms with Gasteiger partial charge in [-0.05, 0) is 39.0 Å². The van der Waals surface area contributed by atoms with Crippen molar-refractivity contribution in [3.05, 3.63) is 0 Å². The Morgan fingerprint density at radius 3 is 1.29 bits per heavy atom. The third-order valence-corrected chi connectivity index (χ3v) is 4.40. The van der Waals surface area contributed by atoms with E-state index in [2.05, 4.69) is 28.1 Å². The fourth-order valence-electron chi connectivity index (χ4n) is 2.86. The summed E-state index contributed by atoms with van der Waals surface area (Å²) in [6.07, 6.45) is 15.9. The van der Waals surface area contributed by atoms with Gasteiger partial charge in [-0.25, -0.2) is 0 Å². The smallest absolute Gasteiger partial charge is 0.0780 e. The normalized spacial score (nSPS) is 12.0. The average molecular weight is 345 g/mol. The summed E-state index contributed by atoms with van der Waals surface area (Å²) in [4.78, 5) is 0. The first-order valence-corrected chi connectivity index (χ1v) is 10.5. The molecule has 0 rings (SSSR count). The number of ether oxygens (including phenoxy) is 2. The lowest BCUT2D eigenvalue weighted by Gasteiger charge is -2.23. The lowest BCUT2D eigenvalue weighted by atomic mass is 10.1. The van der Waals surface area contributed by atoms with Crippen LogP contribution in [0.3, 0.4) is 0 Å². The van der Waals surface area contributed by atoms with Crippen LogP contribution >= 0.6 is 0 Å². The van der Waals surface area contributed by atoms with E-state index in [4.69, 9.17) is 9.47 Å².